The molecule has 0 aliphatic carbocycles. The van der Waals surface area contributed by atoms with Gasteiger partial charge in [0.05, 0.1) is 30.2 Å². The SMILES string of the molecule is N#C[C@@H]1CC(F)(F)CN1C(=O)CN1CC[C@H](Oc2ccnc3c(C(F)(F)F)cccc23)C1. The number of halogens is 5. The van der Waals surface area contributed by atoms with E-state index in [1.165, 1.54) is 24.4 Å². The van der Waals surface area contributed by atoms with Crippen molar-refractivity contribution < 1.29 is 31.5 Å². The van der Waals surface area contributed by atoms with Crippen LogP contribution in [0.4, 0.5) is 22.0 Å². The largest absolute Gasteiger partial charge is 0.488 e. The first-order valence-corrected chi connectivity index (χ1v) is 9.98. The zero-order valence-electron chi connectivity index (χ0n) is 16.8. The fraction of sp³-hybridized carbons (Fsp3) is 0.476. The van der Waals surface area contributed by atoms with Gasteiger partial charge in [0.25, 0.3) is 5.92 Å². The van der Waals surface area contributed by atoms with E-state index in [1.807, 2.05) is 0 Å². The number of hydrogen-bond donors (Lipinski definition) is 0. The highest BCUT2D eigenvalue weighted by atomic mass is 19.4. The van der Waals surface area contributed by atoms with Crippen LogP contribution >= 0.6 is 0 Å². The molecule has 1 aromatic heterocycles. The molecule has 1 aromatic carbocycles. The maximum atomic E-state index is 13.6. The van der Waals surface area contributed by atoms with Crippen molar-refractivity contribution >= 4 is 16.8 Å². The van der Waals surface area contributed by atoms with Crippen molar-refractivity contribution in [2.24, 2.45) is 0 Å². The molecular weight excluding hydrogens is 435 g/mol. The second-order valence-corrected chi connectivity index (χ2v) is 8.00. The number of carbonyl (C=O) groups excluding carboxylic acids is 1. The third-order valence-corrected chi connectivity index (χ3v) is 5.66. The highest BCUT2D eigenvalue weighted by Crippen LogP contribution is 2.37. The van der Waals surface area contributed by atoms with Gasteiger partial charge >= 0.3 is 6.18 Å². The number of carbonyl (C=O) groups is 1. The topological polar surface area (TPSA) is 69.5 Å². The second kappa shape index (κ2) is 8.16. The first kappa shape index (κ1) is 22.2. The Morgan fingerprint density at radius 3 is 2.81 bits per heavy atom. The average Bonchev–Trinajstić information content (AvgIpc) is 3.29. The van der Waals surface area contributed by atoms with Crippen LogP contribution in [0.2, 0.25) is 0 Å². The van der Waals surface area contributed by atoms with E-state index >= 15 is 0 Å². The number of para-hydroxylation sites is 1. The minimum atomic E-state index is -4.55. The summed E-state index contributed by atoms with van der Waals surface area (Å²) in [5.41, 5.74) is -1.06. The van der Waals surface area contributed by atoms with Crippen LogP contribution in [0.15, 0.2) is 30.5 Å². The number of alkyl halides is 5. The Labute approximate surface area is 180 Å². The summed E-state index contributed by atoms with van der Waals surface area (Å²) in [6.07, 6.45) is -3.86. The lowest BCUT2D eigenvalue weighted by Crippen LogP contribution is -2.42. The predicted molar refractivity (Wildman–Crippen MR) is 103 cm³/mol. The van der Waals surface area contributed by atoms with Crippen LogP contribution < -0.4 is 4.74 Å². The Hall–Kier alpha value is -3.00. The van der Waals surface area contributed by atoms with Gasteiger partial charge < -0.3 is 9.64 Å². The van der Waals surface area contributed by atoms with Gasteiger partial charge in [0.15, 0.2) is 0 Å². The number of hydrogen-bond acceptors (Lipinski definition) is 5. The summed E-state index contributed by atoms with van der Waals surface area (Å²) in [4.78, 5) is 19.0. The van der Waals surface area contributed by atoms with Gasteiger partial charge in [0.1, 0.15) is 17.9 Å². The minimum absolute atomic E-state index is 0.135. The van der Waals surface area contributed by atoms with Gasteiger partial charge in [-0.05, 0) is 24.6 Å². The Morgan fingerprint density at radius 1 is 1.31 bits per heavy atom. The quantitative estimate of drug-likeness (QED) is 0.662. The number of nitrogens with zero attached hydrogens (tertiary/aromatic N) is 4. The summed E-state index contributed by atoms with van der Waals surface area (Å²) in [7, 11) is 0. The fourth-order valence-electron chi connectivity index (χ4n) is 4.18. The van der Waals surface area contributed by atoms with E-state index in [4.69, 9.17) is 10.00 Å². The van der Waals surface area contributed by atoms with E-state index in [9.17, 15) is 26.7 Å². The first-order chi connectivity index (χ1) is 15.1. The number of amides is 1. The van der Waals surface area contributed by atoms with E-state index in [-0.39, 0.29) is 23.2 Å². The number of nitriles is 1. The molecular formula is C21H19F5N4O2. The summed E-state index contributed by atoms with van der Waals surface area (Å²) < 4.78 is 72.9. The standard InChI is InChI=1S/C21H19F5N4O2/c22-20(23)8-13(9-27)30(12-20)18(31)11-29-7-5-14(10-29)32-17-4-6-28-19-15(17)2-1-3-16(19)21(24,25)26/h1-4,6,13-14H,5,7-8,10-12H2/t13-,14-/m0/s1. The molecule has 0 radical (unpaired) electrons. The highest BCUT2D eigenvalue weighted by molar-refractivity contribution is 5.87. The van der Waals surface area contributed by atoms with Gasteiger partial charge in [-0.1, -0.05) is 6.07 Å². The molecule has 3 heterocycles. The number of likely N-dealkylation sites (tertiary alicyclic amines) is 2. The zero-order chi connectivity index (χ0) is 23.1. The molecule has 0 spiro atoms. The number of ether oxygens (including phenoxy) is 1. The van der Waals surface area contributed by atoms with Crippen LogP contribution in [-0.4, -0.2) is 64.9 Å². The van der Waals surface area contributed by atoms with Crippen LogP contribution in [0.25, 0.3) is 10.9 Å². The second-order valence-electron chi connectivity index (χ2n) is 8.00. The van der Waals surface area contributed by atoms with E-state index in [0.29, 0.717) is 19.5 Å². The van der Waals surface area contributed by atoms with Crippen molar-refractivity contribution in [2.45, 2.75) is 37.1 Å². The third-order valence-electron chi connectivity index (χ3n) is 5.66. The fourth-order valence-corrected chi connectivity index (χ4v) is 4.18. The molecule has 2 aliphatic rings. The number of benzene rings is 1. The van der Waals surface area contributed by atoms with Crippen molar-refractivity contribution in [1.82, 2.24) is 14.8 Å². The van der Waals surface area contributed by atoms with Gasteiger partial charge in [-0.15, -0.1) is 0 Å². The van der Waals surface area contributed by atoms with Gasteiger partial charge in [-0.25, -0.2) is 8.78 Å². The van der Waals surface area contributed by atoms with Crippen molar-refractivity contribution in [3.05, 3.63) is 36.0 Å². The maximum Gasteiger partial charge on any atom is 0.418 e. The lowest BCUT2D eigenvalue weighted by atomic mass is 10.1. The Bertz CT molecular complexity index is 1070. The van der Waals surface area contributed by atoms with Crippen LogP contribution in [0.1, 0.15) is 18.4 Å². The number of rotatable bonds is 4. The van der Waals surface area contributed by atoms with Gasteiger partial charge in [-0.2, -0.15) is 18.4 Å². The van der Waals surface area contributed by atoms with Crippen molar-refractivity contribution in [1.29, 1.82) is 5.26 Å². The van der Waals surface area contributed by atoms with Crippen molar-refractivity contribution in [3.8, 4) is 11.8 Å². The van der Waals surface area contributed by atoms with E-state index in [2.05, 4.69) is 4.98 Å². The molecule has 0 saturated carbocycles. The minimum Gasteiger partial charge on any atom is -0.488 e. The predicted octanol–water partition coefficient (Wildman–Crippen LogP) is 3.47. The maximum absolute atomic E-state index is 13.6. The number of fused-ring (bicyclic) bond motifs is 1. The monoisotopic (exact) mass is 454 g/mol. The average molecular weight is 454 g/mol. The third kappa shape index (κ3) is 4.46. The molecule has 2 aromatic rings. The Balaban J connectivity index is 1.42. The normalized spacial score (nSPS) is 23.4. The molecule has 1 amide bonds. The molecule has 0 N–H and O–H groups in total. The lowest BCUT2D eigenvalue weighted by molar-refractivity contribution is -0.136. The van der Waals surface area contributed by atoms with Crippen LogP contribution in [0, 0.1) is 11.3 Å². The summed E-state index contributed by atoms with van der Waals surface area (Å²) in [6.45, 7) is -0.156. The van der Waals surface area contributed by atoms with E-state index in [1.54, 1.807) is 11.0 Å². The summed E-state index contributed by atoms with van der Waals surface area (Å²) in [6, 6.07) is 5.82. The molecule has 2 fully saturated rings. The van der Waals surface area contributed by atoms with Crippen LogP contribution in [0.3, 0.4) is 0 Å². The Kier molecular flexibility index (Phi) is 5.67. The number of pyridine rings is 1. The molecule has 2 atom stereocenters. The number of aromatic nitrogens is 1. The highest BCUT2D eigenvalue weighted by Gasteiger charge is 2.47. The van der Waals surface area contributed by atoms with Crippen LogP contribution in [-0.2, 0) is 11.0 Å². The Morgan fingerprint density at radius 2 is 2.09 bits per heavy atom. The molecule has 32 heavy (non-hydrogen) atoms. The molecule has 170 valence electrons. The molecule has 4 rings (SSSR count). The first-order valence-electron chi connectivity index (χ1n) is 9.98. The summed E-state index contributed by atoms with van der Waals surface area (Å²) in [5.74, 6) is -3.38. The van der Waals surface area contributed by atoms with E-state index in [0.717, 1.165) is 11.0 Å². The van der Waals surface area contributed by atoms with Gasteiger partial charge in [0.2, 0.25) is 5.91 Å². The summed E-state index contributed by atoms with van der Waals surface area (Å²) >= 11 is 0. The molecule has 0 bridgehead atoms. The van der Waals surface area contributed by atoms with Gasteiger partial charge in [-0.3, -0.25) is 14.7 Å². The van der Waals surface area contributed by atoms with Gasteiger partial charge in [0, 0.05) is 31.1 Å². The van der Waals surface area contributed by atoms with Crippen molar-refractivity contribution in [3.63, 3.8) is 0 Å². The zero-order valence-corrected chi connectivity index (χ0v) is 16.8. The molecule has 6 nitrogen and oxygen atoms in total. The smallest absolute Gasteiger partial charge is 0.418 e. The molecule has 2 aliphatic heterocycles. The van der Waals surface area contributed by atoms with Crippen molar-refractivity contribution in [2.75, 3.05) is 26.2 Å². The van der Waals surface area contributed by atoms with E-state index < -0.39 is 48.7 Å². The summed E-state index contributed by atoms with van der Waals surface area (Å²) in [5, 5.41) is 9.28. The molecule has 0 unspecified atom stereocenters. The molecule has 11 heteroatoms. The molecule has 2 saturated heterocycles. The lowest BCUT2D eigenvalue weighted by Gasteiger charge is -2.23. The van der Waals surface area contributed by atoms with Crippen LogP contribution in [0.5, 0.6) is 5.75 Å².